The molecule has 0 aromatic heterocycles. The van der Waals surface area contributed by atoms with Crippen LogP contribution < -0.4 is 0 Å². The van der Waals surface area contributed by atoms with E-state index in [1.165, 1.54) is 6.42 Å². The molecule has 1 heterocycles. The molecular weight excluding hydrogens is 200 g/mol. The minimum atomic E-state index is -3.36. The first-order valence-electron chi connectivity index (χ1n) is 5.12. The van der Waals surface area contributed by atoms with Crippen LogP contribution in [0.4, 0.5) is 0 Å². The van der Waals surface area contributed by atoms with Crippen molar-refractivity contribution in [3.63, 3.8) is 0 Å². The largest absolute Gasteiger partial charge is 0.274 e. The van der Waals surface area contributed by atoms with Crippen LogP contribution in [0.3, 0.4) is 0 Å². The van der Waals surface area contributed by atoms with E-state index in [0.717, 1.165) is 25.7 Å². The minimum Gasteiger partial charge on any atom is -0.269 e. The third kappa shape index (κ3) is 1.41. The Morgan fingerprint density at radius 2 is 1.93 bits per heavy atom. The van der Waals surface area contributed by atoms with Crippen molar-refractivity contribution in [3.8, 4) is 0 Å². The number of hydrogen-bond donors (Lipinski definition) is 0. The van der Waals surface area contributed by atoms with Gasteiger partial charge >= 0.3 is 0 Å². The van der Waals surface area contributed by atoms with Crippen LogP contribution in [-0.2, 0) is 14.3 Å². The molecule has 2 rings (SSSR count). The molecule has 1 saturated heterocycles. The second kappa shape index (κ2) is 3.35. The Kier molecular flexibility index (Phi) is 2.43. The zero-order chi connectivity index (χ0) is 10.2. The molecule has 0 radical (unpaired) electrons. The van der Waals surface area contributed by atoms with Crippen LogP contribution in [0.1, 0.15) is 32.1 Å². The van der Waals surface area contributed by atoms with Gasteiger partial charge in [-0.25, -0.2) is 0 Å². The van der Waals surface area contributed by atoms with Gasteiger partial charge in [0.2, 0.25) is 0 Å². The van der Waals surface area contributed by atoms with Gasteiger partial charge in [0.1, 0.15) is 5.25 Å². The predicted octanol–water partition coefficient (Wildman–Crippen LogP) is 1.85. The van der Waals surface area contributed by atoms with Crippen molar-refractivity contribution in [2.75, 3.05) is 6.61 Å². The van der Waals surface area contributed by atoms with Crippen LogP contribution in [0.5, 0.6) is 0 Å². The van der Waals surface area contributed by atoms with Gasteiger partial charge in [0, 0.05) is 5.41 Å². The average molecular weight is 216 g/mol. The maximum absolute atomic E-state index is 11.6. The Hall–Kier alpha value is -0.350. The lowest BCUT2D eigenvalue weighted by atomic mass is 9.72. The van der Waals surface area contributed by atoms with E-state index in [1.807, 2.05) is 0 Å². The van der Waals surface area contributed by atoms with Crippen LogP contribution in [0.15, 0.2) is 12.7 Å². The standard InChI is InChI=1S/C10H16O3S/c1-2-9-10(6-4-3-5-7-10)8-13-14(9,11)12/h2,9H,1,3-8H2. The molecule has 1 aliphatic carbocycles. The molecule has 4 heteroatoms. The topological polar surface area (TPSA) is 43.4 Å². The van der Waals surface area contributed by atoms with Crippen molar-refractivity contribution in [2.45, 2.75) is 37.4 Å². The summed E-state index contributed by atoms with van der Waals surface area (Å²) >= 11 is 0. The first kappa shape index (κ1) is 10.2. The summed E-state index contributed by atoms with van der Waals surface area (Å²) in [5.41, 5.74) is -0.154. The van der Waals surface area contributed by atoms with Gasteiger partial charge in [-0.05, 0) is 12.8 Å². The van der Waals surface area contributed by atoms with Crippen LogP contribution in [0.25, 0.3) is 0 Å². The molecule has 0 bridgehead atoms. The third-order valence-electron chi connectivity index (χ3n) is 3.49. The van der Waals surface area contributed by atoms with Crippen molar-refractivity contribution in [1.82, 2.24) is 0 Å². The second-order valence-corrected chi connectivity index (χ2v) is 6.06. The SMILES string of the molecule is C=CC1C2(CCCCC2)COS1(=O)=O. The van der Waals surface area contributed by atoms with E-state index in [-0.39, 0.29) is 5.41 Å². The second-order valence-electron chi connectivity index (χ2n) is 4.33. The van der Waals surface area contributed by atoms with E-state index in [9.17, 15) is 8.42 Å². The van der Waals surface area contributed by atoms with E-state index >= 15 is 0 Å². The molecule has 0 aromatic carbocycles. The summed E-state index contributed by atoms with van der Waals surface area (Å²) in [6.45, 7) is 4.00. The van der Waals surface area contributed by atoms with Crippen LogP contribution in [0.2, 0.25) is 0 Å². The fraction of sp³-hybridized carbons (Fsp3) is 0.800. The first-order chi connectivity index (χ1) is 6.61. The Labute approximate surface area is 85.3 Å². The number of rotatable bonds is 1. The lowest BCUT2D eigenvalue weighted by molar-refractivity contribution is 0.147. The summed E-state index contributed by atoms with van der Waals surface area (Å²) in [5, 5.41) is -0.477. The van der Waals surface area contributed by atoms with E-state index in [1.54, 1.807) is 6.08 Å². The van der Waals surface area contributed by atoms with Gasteiger partial charge in [0.25, 0.3) is 10.1 Å². The monoisotopic (exact) mass is 216 g/mol. The molecular formula is C10H16O3S. The molecule has 2 aliphatic rings. The normalized spacial score (nSPS) is 34.4. The van der Waals surface area contributed by atoms with E-state index in [4.69, 9.17) is 4.18 Å². The number of hydrogen-bond acceptors (Lipinski definition) is 3. The maximum atomic E-state index is 11.6. The molecule has 80 valence electrons. The lowest BCUT2D eigenvalue weighted by Crippen LogP contribution is -2.36. The average Bonchev–Trinajstić information content (AvgIpc) is 2.40. The quantitative estimate of drug-likeness (QED) is 0.496. The van der Waals surface area contributed by atoms with Gasteiger partial charge in [0.05, 0.1) is 6.61 Å². The van der Waals surface area contributed by atoms with Gasteiger partial charge in [-0.2, -0.15) is 8.42 Å². The van der Waals surface area contributed by atoms with Gasteiger partial charge in [-0.1, -0.05) is 25.3 Å². The molecule has 0 aromatic rings. The van der Waals surface area contributed by atoms with Crippen LogP contribution in [-0.4, -0.2) is 20.3 Å². The van der Waals surface area contributed by atoms with E-state index in [0.29, 0.717) is 6.61 Å². The molecule has 1 atom stereocenters. The highest BCUT2D eigenvalue weighted by molar-refractivity contribution is 7.87. The minimum absolute atomic E-state index is 0.154. The van der Waals surface area contributed by atoms with Crippen molar-refractivity contribution in [3.05, 3.63) is 12.7 Å². The van der Waals surface area contributed by atoms with Gasteiger partial charge in [0.15, 0.2) is 0 Å². The van der Waals surface area contributed by atoms with Crippen molar-refractivity contribution in [1.29, 1.82) is 0 Å². The summed E-state index contributed by atoms with van der Waals surface area (Å²) in [6, 6.07) is 0. The zero-order valence-corrected chi connectivity index (χ0v) is 9.05. The summed E-state index contributed by atoms with van der Waals surface area (Å²) in [5.74, 6) is 0. The van der Waals surface area contributed by atoms with Gasteiger partial charge in [-0.3, -0.25) is 4.18 Å². The van der Waals surface area contributed by atoms with Gasteiger partial charge in [-0.15, -0.1) is 6.58 Å². The van der Waals surface area contributed by atoms with Crippen LogP contribution >= 0.6 is 0 Å². The van der Waals surface area contributed by atoms with E-state index < -0.39 is 15.4 Å². The van der Waals surface area contributed by atoms with Crippen molar-refractivity contribution >= 4 is 10.1 Å². The zero-order valence-electron chi connectivity index (χ0n) is 8.24. The fourth-order valence-electron chi connectivity index (χ4n) is 2.71. The molecule has 1 spiro atoms. The molecule has 0 amide bonds. The summed E-state index contributed by atoms with van der Waals surface area (Å²) in [7, 11) is -3.36. The summed E-state index contributed by atoms with van der Waals surface area (Å²) in [4.78, 5) is 0. The molecule has 2 fully saturated rings. The molecule has 0 N–H and O–H groups in total. The fourth-order valence-corrected chi connectivity index (χ4v) is 4.41. The van der Waals surface area contributed by atoms with Crippen molar-refractivity contribution in [2.24, 2.45) is 5.41 Å². The molecule has 1 aliphatic heterocycles. The Morgan fingerprint density at radius 3 is 2.50 bits per heavy atom. The molecule has 14 heavy (non-hydrogen) atoms. The van der Waals surface area contributed by atoms with Gasteiger partial charge < -0.3 is 0 Å². The highest BCUT2D eigenvalue weighted by Crippen LogP contribution is 2.47. The van der Waals surface area contributed by atoms with Crippen molar-refractivity contribution < 1.29 is 12.6 Å². The Bertz CT molecular complexity index is 325. The predicted molar refractivity (Wildman–Crippen MR) is 54.4 cm³/mol. The highest BCUT2D eigenvalue weighted by Gasteiger charge is 2.51. The summed E-state index contributed by atoms with van der Waals surface area (Å²) in [6.07, 6.45) is 6.91. The molecule has 3 nitrogen and oxygen atoms in total. The molecule has 1 saturated carbocycles. The smallest absolute Gasteiger partial charge is 0.269 e. The Morgan fingerprint density at radius 1 is 1.29 bits per heavy atom. The third-order valence-corrected chi connectivity index (χ3v) is 5.25. The van der Waals surface area contributed by atoms with Crippen LogP contribution in [0, 0.1) is 5.41 Å². The lowest BCUT2D eigenvalue weighted by Gasteiger charge is -2.34. The summed E-state index contributed by atoms with van der Waals surface area (Å²) < 4.78 is 28.1. The molecule has 1 unspecified atom stereocenters. The maximum Gasteiger partial charge on any atom is 0.274 e. The highest BCUT2D eigenvalue weighted by atomic mass is 32.2. The first-order valence-corrected chi connectivity index (χ1v) is 6.59. The Balaban J connectivity index is 2.32. The van der Waals surface area contributed by atoms with E-state index in [2.05, 4.69) is 6.58 Å².